The van der Waals surface area contributed by atoms with E-state index in [0.717, 1.165) is 0 Å². The van der Waals surface area contributed by atoms with Crippen molar-refractivity contribution in [2.45, 2.75) is 19.0 Å². The van der Waals surface area contributed by atoms with Gasteiger partial charge in [-0.25, -0.2) is 10.2 Å². The van der Waals surface area contributed by atoms with E-state index in [9.17, 15) is 4.79 Å². The molecule has 6 nitrogen and oxygen atoms in total. The third-order valence-corrected chi connectivity index (χ3v) is 1.19. The predicted molar refractivity (Wildman–Crippen MR) is 39.1 cm³/mol. The summed E-state index contributed by atoms with van der Waals surface area (Å²) in [6, 6.07) is -0.670. The first-order valence-corrected chi connectivity index (χ1v) is 3.13. The number of nitrogens with two attached hydrogens (primary N) is 1. The van der Waals surface area contributed by atoms with E-state index in [0.29, 0.717) is 6.42 Å². The van der Waals surface area contributed by atoms with Crippen molar-refractivity contribution in [1.29, 1.82) is 0 Å². The molecule has 0 saturated heterocycles. The van der Waals surface area contributed by atoms with Crippen LogP contribution >= 0.6 is 0 Å². The molecule has 0 aromatic rings. The molecule has 1 heterocycles. The van der Waals surface area contributed by atoms with Crippen molar-refractivity contribution in [3.05, 3.63) is 0 Å². The molecule has 11 heavy (non-hydrogen) atoms. The molecule has 60 valence electrons. The summed E-state index contributed by atoms with van der Waals surface area (Å²) in [5, 5.41) is 11.0. The first kappa shape index (κ1) is 7.64. The van der Waals surface area contributed by atoms with Crippen molar-refractivity contribution in [2.75, 3.05) is 0 Å². The van der Waals surface area contributed by atoms with E-state index < -0.39 is 6.03 Å². The molecule has 1 rings (SSSR count). The number of hydrogen-bond acceptors (Lipinski definition) is 4. The highest BCUT2D eigenvalue weighted by Gasteiger charge is 2.32. The monoisotopic (exact) mass is 155 g/mol. The van der Waals surface area contributed by atoms with Crippen molar-refractivity contribution >= 4 is 12.2 Å². The summed E-state index contributed by atoms with van der Waals surface area (Å²) in [7, 11) is 0. The maximum Gasteiger partial charge on any atom is 0.332 e. The molecule has 1 aliphatic heterocycles. The number of carbonyl (C=O) groups excluding carboxylic acids is 1. The minimum atomic E-state index is -0.670. The highest BCUT2D eigenvalue weighted by atomic mass is 16.2. The lowest BCUT2D eigenvalue weighted by molar-refractivity contribution is 0.249. The van der Waals surface area contributed by atoms with Gasteiger partial charge >= 0.3 is 6.03 Å². The van der Waals surface area contributed by atoms with Crippen LogP contribution in [0.5, 0.6) is 0 Å². The van der Waals surface area contributed by atoms with Crippen molar-refractivity contribution in [3.8, 4) is 0 Å². The summed E-state index contributed by atoms with van der Waals surface area (Å²) in [6.07, 6.45) is 2.11. The third-order valence-electron chi connectivity index (χ3n) is 1.19. The van der Waals surface area contributed by atoms with E-state index >= 15 is 0 Å². The van der Waals surface area contributed by atoms with E-state index in [2.05, 4.69) is 20.8 Å². The van der Waals surface area contributed by atoms with Crippen molar-refractivity contribution < 1.29 is 4.79 Å². The zero-order chi connectivity index (χ0) is 8.32. The Morgan fingerprint density at radius 3 is 2.91 bits per heavy atom. The van der Waals surface area contributed by atoms with Gasteiger partial charge < -0.3 is 5.73 Å². The molecule has 0 fully saturated rings. The van der Waals surface area contributed by atoms with Crippen LogP contribution < -0.4 is 11.2 Å². The number of hydrogen-bond donors (Lipinski definition) is 2. The Kier molecular flexibility index (Phi) is 1.84. The van der Waals surface area contributed by atoms with Crippen LogP contribution in [0.3, 0.4) is 0 Å². The minimum absolute atomic E-state index is 0.303. The van der Waals surface area contributed by atoms with Crippen molar-refractivity contribution in [3.63, 3.8) is 0 Å². The van der Waals surface area contributed by atoms with Crippen LogP contribution in [0.15, 0.2) is 15.3 Å². The van der Waals surface area contributed by atoms with Gasteiger partial charge in [-0.05, 0) is 6.92 Å². The van der Waals surface area contributed by atoms with Crippen LogP contribution in [0.4, 0.5) is 4.79 Å². The van der Waals surface area contributed by atoms with Gasteiger partial charge in [0.2, 0.25) is 0 Å². The quantitative estimate of drug-likeness (QED) is 0.442. The molecule has 0 atom stereocenters. The number of nitrogens with zero attached hydrogens (tertiary/aromatic N) is 3. The lowest BCUT2D eigenvalue weighted by atomic mass is 10.2. The van der Waals surface area contributed by atoms with Gasteiger partial charge in [0.15, 0.2) is 5.66 Å². The molecule has 0 aromatic carbocycles. The van der Waals surface area contributed by atoms with Gasteiger partial charge in [-0.15, -0.1) is 0 Å². The van der Waals surface area contributed by atoms with Gasteiger partial charge in [0.1, 0.15) is 0 Å². The summed E-state index contributed by atoms with van der Waals surface area (Å²) < 4.78 is 0. The van der Waals surface area contributed by atoms with Gasteiger partial charge in [0, 0.05) is 12.6 Å². The second-order valence-electron chi connectivity index (χ2n) is 2.41. The first-order chi connectivity index (χ1) is 5.12. The van der Waals surface area contributed by atoms with Crippen LogP contribution in [0.25, 0.3) is 0 Å². The highest BCUT2D eigenvalue weighted by molar-refractivity contribution is 5.72. The summed E-state index contributed by atoms with van der Waals surface area (Å²) in [5.74, 6) is 0. The first-order valence-electron chi connectivity index (χ1n) is 3.13. The van der Waals surface area contributed by atoms with Gasteiger partial charge in [-0.2, -0.15) is 15.3 Å². The SMILES string of the molecule is CC1(C/C=N/NC(N)=O)N=N1. The number of urea groups is 1. The summed E-state index contributed by atoms with van der Waals surface area (Å²) in [6.45, 7) is 1.86. The molecular weight excluding hydrogens is 146 g/mol. The number of carbonyl (C=O) groups is 1. The highest BCUT2D eigenvalue weighted by Crippen LogP contribution is 2.29. The third kappa shape index (κ3) is 2.74. The topological polar surface area (TPSA) is 92.2 Å². The van der Waals surface area contributed by atoms with Gasteiger partial charge in [-0.3, -0.25) is 0 Å². The molecule has 0 bridgehead atoms. The number of hydrazone groups is 1. The smallest absolute Gasteiger partial charge is 0.332 e. The van der Waals surface area contributed by atoms with Crippen LogP contribution in [0, 0.1) is 0 Å². The Labute approximate surface area is 63.6 Å². The molecule has 0 unspecified atom stereocenters. The molecule has 0 saturated carbocycles. The fraction of sp³-hybridized carbons (Fsp3) is 0.600. The number of rotatable bonds is 3. The van der Waals surface area contributed by atoms with Crippen molar-refractivity contribution in [2.24, 2.45) is 21.1 Å². The molecular formula is C5H9N5O. The van der Waals surface area contributed by atoms with E-state index in [1.807, 2.05) is 6.92 Å². The Morgan fingerprint density at radius 2 is 2.45 bits per heavy atom. The van der Waals surface area contributed by atoms with E-state index in [4.69, 9.17) is 5.73 Å². The molecule has 1 aliphatic rings. The largest absolute Gasteiger partial charge is 0.350 e. The molecule has 3 N–H and O–H groups in total. The molecule has 0 radical (unpaired) electrons. The Balaban J connectivity index is 2.11. The van der Waals surface area contributed by atoms with Crippen LogP contribution in [-0.2, 0) is 0 Å². The average Bonchev–Trinajstić information content (AvgIpc) is 2.62. The number of nitrogens with one attached hydrogen (secondary N) is 1. The maximum atomic E-state index is 10.1. The van der Waals surface area contributed by atoms with E-state index in [-0.39, 0.29) is 5.66 Å². The van der Waals surface area contributed by atoms with Crippen LogP contribution in [0.1, 0.15) is 13.3 Å². The zero-order valence-electron chi connectivity index (χ0n) is 6.11. The summed E-state index contributed by atoms with van der Waals surface area (Å²) in [5.41, 5.74) is 6.52. The van der Waals surface area contributed by atoms with Crippen LogP contribution in [-0.4, -0.2) is 17.9 Å². The lowest BCUT2D eigenvalue weighted by Gasteiger charge is -1.95. The lowest BCUT2D eigenvalue weighted by Crippen LogP contribution is -2.24. The fourth-order valence-corrected chi connectivity index (χ4v) is 0.495. The standard InChI is InChI=1S/C5H9N5O/c1-5(9-10-5)2-3-7-8-4(6)11/h3H,2H2,1H3,(H3,6,8,11)/b7-3+. The fourth-order valence-electron chi connectivity index (χ4n) is 0.495. The zero-order valence-corrected chi connectivity index (χ0v) is 6.11. The van der Waals surface area contributed by atoms with Gasteiger partial charge in [-0.1, -0.05) is 0 Å². The minimum Gasteiger partial charge on any atom is -0.350 e. The van der Waals surface area contributed by atoms with Crippen molar-refractivity contribution in [1.82, 2.24) is 5.43 Å². The molecule has 0 spiro atoms. The van der Waals surface area contributed by atoms with Crippen LogP contribution in [0.2, 0.25) is 0 Å². The Morgan fingerprint density at radius 1 is 1.82 bits per heavy atom. The number of amides is 2. The maximum absolute atomic E-state index is 10.1. The van der Waals surface area contributed by atoms with Gasteiger partial charge in [0.25, 0.3) is 0 Å². The molecule has 0 aromatic heterocycles. The van der Waals surface area contributed by atoms with E-state index in [1.165, 1.54) is 6.21 Å². The molecule has 2 amide bonds. The van der Waals surface area contributed by atoms with E-state index in [1.54, 1.807) is 0 Å². The Bertz CT molecular complexity index is 215. The summed E-state index contributed by atoms with van der Waals surface area (Å²) >= 11 is 0. The second kappa shape index (κ2) is 2.65. The summed E-state index contributed by atoms with van der Waals surface area (Å²) in [4.78, 5) is 10.1. The second-order valence-corrected chi connectivity index (χ2v) is 2.41. The molecule has 6 heteroatoms. The number of primary amides is 1. The average molecular weight is 155 g/mol. The Hall–Kier alpha value is -1.46. The van der Waals surface area contributed by atoms with Gasteiger partial charge in [0.05, 0.1) is 0 Å². The molecule has 0 aliphatic carbocycles. The normalized spacial score (nSPS) is 18.6. The predicted octanol–water partition coefficient (Wildman–Crippen LogP) is 0.213.